The van der Waals surface area contributed by atoms with Crippen LogP contribution in [0.25, 0.3) is 6.08 Å². The van der Waals surface area contributed by atoms with Crippen molar-refractivity contribution in [3.05, 3.63) is 93.9 Å². The molecule has 4 rings (SSSR count). The van der Waals surface area contributed by atoms with Crippen molar-refractivity contribution >= 4 is 46.2 Å². The number of aliphatic imine (C=N–C) groups is 1. The maximum Gasteiger partial charge on any atom is 0.266 e. The molecule has 0 unspecified atom stereocenters. The van der Waals surface area contributed by atoms with E-state index >= 15 is 0 Å². The number of rotatable bonds is 6. The summed E-state index contributed by atoms with van der Waals surface area (Å²) < 4.78 is 5.18. The van der Waals surface area contributed by atoms with Gasteiger partial charge in [0.05, 0.1) is 22.7 Å². The first kappa shape index (κ1) is 22.0. The number of amides is 1. The topological polar surface area (TPSA) is 62.1 Å². The van der Waals surface area contributed by atoms with E-state index in [0.29, 0.717) is 28.6 Å². The predicted molar refractivity (Wildman–Crippen MR) is 131 cm³/mol. The van der Waals surface area contributed by atoms with Gasteiger partial charge in [-0.2, -0.15) is 0 Å². The van der Waals surface area contributed by atoms with Gasteiger partial charge in [-0.05, 0) is 59.7 Å². The second-order valence-corrected chi connectivity index (χ2v) is 8.50. The number of thioether (sulfide) groups is 1. The number of phenolic OH excluding ortho intramolecular Hbond substituents is 1. The largest absolute Gasteiger partial charge is 0.503 e. The number of halogens is 1. The van der Waals surface area contributed by atoms with Gasteiger partial charge in [0.2, 0.25) is 0 Å². The van der Waals surface area contributed by atoms with Crippen molar-refractivity contribution in [1.29, 1.82) is 0 Å². The van der Waals surface area contributed by atoms with Crippen LogP contribution in [0.1, 0.15) is 11.1 Å². The highest BCUT2D eigenvalue weighted by molar-refractivity contribution is 8.18. The Morgan fingerprint density at radius 1 is 1.09 bits per heavy atom. The van der Waals surface area contributed by atoms with Crippen LogP contribution in [0.2, 0.25) is 5.02 Å². The van der Waals surface area contributed by atoms with Crippen LogP contribution in [0.5, 0.6) is 11.5 Å². The summed E-state index contributed by atoms with van der Waals surface area (Å²) in [6, 6.07) is 22.8. The number of nitrogens with zero attached hydrogens (tertiary/aromatic N) is 2. The molecule has 0 radical (unpaired) electrons. The number of aromatic hydroxyl groups is 1. The predicted octanol–water partition coefficient (Wildman–Crippen LogP) is 5.90. The van der Waals surface area contributed by atoms with Crippen molar-refractivity contribution in [2.75, 3.05) is 13.7 Å². The lowest BCUT2D eigenvalue weighted by atomic mass is 10.1. The molecule has 0 aliphatic carbocycles. The van der Waals surface area contributed by atoms with Gasteiger partial charge in [-0.3, -0.25) is 9.69 Å². The van der Waals surface area contributed by atoms with Crippen molar-refractivity contribution in [3.8, 4) is 11.5 Å². The zero-order valence-corrected chi connectivity index (χ0v) is 18.9. The molecule has 1 fully saturated rings. The average molecular weight is 465 g/mol. The Hall–Kier alpha value is -3.22. The second-order valence-electron chi connectivity index (χ2n) is 7.09. The number of ether oxygens (including phenoxy) is 1. The molecule has 32 heavy (non-hydrogen) atoms. The number of carbonyl (C=O) groups is 1. The molecule has 1 aliphatic heterocycles. The number of methoxy groups -OCH3 is 1. The fourth-order valence-corrected chi connectivity index (χ4v) is 4.51. The van der Waals surface area contributed by atoms with Crippen LogP contribution in [0.4, 0.5) is 5.69 Å². The lowest BCUT2D eigenvalue weighted by Crippen LogP contribution is -2.31. The first-order chi connectivity index (χ1) is 15.5. The van der Waals surface area contributed by atoms with Gasteiger partial charge in [0.15, 0.2) is 16.7 Å². The Balaban J connectivity index is 1.66. The third kappa shape index (κ3) is 4.98. The van der Waals surface area contributed by atoms with Crippen LogP contribution in [0.3, 0.4) is 0 Å². The molecule has 1 N–H and O–H groups in total. The fraction of sp³-hybridized carbons (Fsp3) is 0.120. The van der Waals surface area contributed by atoms with Gasteiger partial charge in [-0.15, -0.1) is 0 Å². The number of benzene rings is 3. The maximum absolute atomic E-state index is 13.3. The Morgan fingerprint density at radius 2 is 1.78 bits per heavy atom. The summed E-state index contributed by atoms with van der Waals surface area (Å²) in [4.78, 5) is 20.2. The molecule has 1 saturated heterocycles. The molecule has 5 nitrogen and oxygen atoms in total. The highest BCUT2D eigenvalue weighted by Gasteiger charge is 2.33. The zero-order chi connectivity index (χ0) is 22.5. The average Bonchev–Trinajstić information content (AvgIpc) is 3.09. The molecule has 0 spiro atoms. The minimum absolute atomic E-state index is 0.122. The van der Waals surface area contributed by atoms with E-state index in [-0.39, 0.29) is 22.4 Å². The highest BCUT2D eigenvalue weighted by atomic mass is 35.5. The summed E-state index contributed by atoms with van der Waals surface area (Å²) >= 11 is 7.43. The van der Waals surface area contributed by atoms with E-state index < -0.39 is 0 Å². The van der Waals surface area contributed by atoms with Gasteiger partial charge >= 0.3 is 0 Å². The maximum atomic E-state index is 13.3. The van der Waals surface area contributed by atoms with E-state index in [1.807, 2.05) is 60.7 Å². The number of hydrogen-bond acceptors (Lipinski definition) is 5. The van der Waals surface area contributed by atoms with Gasteiger partial charge < -0.3 is 9.84 Å². The molecular weight excluding hydrogens is 444 g/mol. The summed E-state index contributed by atoms with van der Waals surface area (Å²) in [7, 11) is 1.45. The van der Waals surface area contributed by atoms with Crippen molar-refractivity contribution < 1.29 is 14.6 Å². The summed E-state index contributed by atoms with van der Waals surface area (Å²) in [5, 5.41) is 10.8. The molecule has 0 bridgehead atoms. The summed E-state index contributed by atoms with van der Waals surface area (Å²) in [5.41, 5.74) is 2.59. The smallest absolute Gasteiger partial charge is 0.266 e. The highest BCUT2D eigenvalue weighted by Crippen LogP contribution is 2.38. The van der Waals surface area contributed by atoms with Gasteiger partial charge in [-0.25, -0.2) is 4.99 Å². The van der Waals surface area contributed by atoms with Crippen molar-refractivity contribution in [1.82, 2.24) is 4.90 Å². The van der Waals surface area contributed by atoms with Crippen molar-refractivity contribution in [2.24, 2.45) is 4.99 Å². The number of hydrogen-bond donors (Lipinski definition) is 1. The molecular formula is C25H21ClN2O3S. The normalized spacial score (nSPS) is 16.2. The van der Waals surface area contributed by atoms with Gasteiger partial charge in [0.1, 0.15) is 0 Å². The number of para-hydroxylation sites is 1. The van der Waals surface area contributed by atoms with E-state index in [9.17, 15) is 9.90 Å². The molecule has 1 aliphatic rings. The van der Waals surface area contributed by atoms with Crippen molar-refractivity contribution in [2.45, 2.75) is 6.42 Å². The van der Waals surface area contributed by atoms with E-state index in [1.165, 1.54) is 18.9 Å². The Bertz CT molecular complexity index is 1180. The Morgan fingerprint density at radius 3 is 2.47 bits per heavy atom. The van der Waals surface area contributed by atoms with Crippen LogP contribution >= 0.6 is 23.4 Å². The van der Waals surface area contributed by atoms with E-state index in [2.05, 4.69) is 0 Å². The molecule has 0 saturated carbocycles. The van der Waals surface area contributed by atoms with E-state index in [4.69, 9.17) is 21.3 Å². The molecule has 3 aromatic carbocycles. The molecule has 1 heterocycles. The van der Waals surface area contributed by atoms with Gasteiger partial charge in [0, 0.05) is 6.54 Å². The third-order valence-corrected chi connectivity index (χ3v) is 6.20. The van der Waals surface area contributed by atoms with Crippen LogP contribution in [0, 0.1) is 0 Å². The van der Waals surface area contributed by atoms with Gasteiger partial charge in [-0.1, -0.05) is 60.1 Å². The molecule has 1 amide bonds. The SMILES string of the molecule is COc1cc(/C=C2/SC(=Nc3ccccc3)N(CCc3ccccc3)C2=O)cc(Cl)c1O. The quantitative estimate of drug-likeness (QED) is 0.461. The van der Waals surface area contributed by atoms with Crippen LogP contribution in [-0.4, -0.2) is 34.7 Å². The first-order valence-electron chi connectivity index (χ1n) is 10.0. The van der Waals surface area contributed by atoms with Crippen LogP contribution in [0.15, 0.2) is 82.7 Å². The molecule has 162 valence electrons. The van der Waals surface area contributed by atoms with Crippen LogP contribution < -0.4 is 4.74 Å². The summed E-state index contributed by atoms with van der Waals surface area (Å²) in [6.07, 6.45) is 2.46. The van der Waals surface area contributed by atoms with Gasteiger partial charge in [0.25, 0.3) is 5.91 Å². The monoisotopic (exact) mass is 464 g/mol. The number of carbonyl (C=O) groups excluding carboxylic acids is 1. The molecule has 7 heteroatoms. The summed E-state index contributed by atoms with van der Waals surface area (Å²) in [5.74, 6) is 0.000201. The second kappa shape index (κ2) is 9.94. The zero-order valence-electron chi connectivity index (χ0n) is 17.4. The fourth-order valence-electron chi connectivity index (χ4n) is 3.27. The molecule has 0 atom stereocenters. The molecule has 3 aromatic rings. The first-order valence-corrected chi connectivity index (χ1v) is 11.2. The number of phenols is 1. The molecule has 0 aromatic heterocycles. The van der Waals surface area contributed by atoms with Crippen molar-refractivity contribution in [3.63, 3.8) is 0 Å². The minimum Gasteiger partial charge on any atom is -0.503 e. The minimum atomic E-state index is -0.127. The Kier molecular flexibility index (Phi) is 6.83. The third-order valence-electron chi connectivity index (χ3n) is 4.90. The standard InChI is InChI=1S/C25H21ClN2O3S/c1-31-21-15-18(14-20(26)23(21)29)16-22-24(30)28(13-12-17-8-4-2-5-9-17)25(32-22)27-19-10-6-3-7-11-19/h2-11,14-16,29H,12-13H2,1H3/b22-16+,27-25?. The van der Waals surface area contributed by atoms with E-state index in [1.54, 1.807) is 23.1 Å². The van der Waals surface area contributed by atoms with E-state index in [0.717, 1.165) is 11.3 Å². The lowest BCUT2D eigenvalue weighted by Gasteiger charge is -2.15. The summed E-state index contributed by atoms with van der Waals surface area (Å²) in [6.45, 7) is 0.512. The number of amidine groups is 1. The van der Waals surface area contributed by atoms with Crippen LogP contribution in [-0.2, 0) is 11.2 Å². The lowest BCUT2D eigenvalue weighted by molar-refractivity contribution is -0.122. The Labute approximate surface area is 196 Å².